The van der Waals surface area contributed by atoms with Crippen LogP contribution in [0.1, 0.15) is 19.4 Å². The third-order valence-corrected chi connectivity index (χ3v) is 3.23. The van der Waals surface area contributed by atoms with Crippen LogP contribution in [0.25, 0.3) is 0 Å². The molecule has 0 atom stereocenters. The number of halogens is 3. The summed E-state index contributed by atoms with van der Waals surface area (Å²) >= 11 is 5.57. The van der Waals surface area contributed by atoms with Crippen molar-refractivity contribution in [1.82, 2.24) is 0 Å². The lowest BCUT2D eigenvalue weighted by atomic mass is 10.1. The number of aryl methyl sites for hydroxylation is 1. The Bertz CT molecular complexity index is 537. The van der Waals surface area contributed by atoms with E-state index in [1.54, 1.807) is 6.92 Å². The van der Waals surface area contributed by atoms with Gasteiger partial charge in [-0.25, -0.2) is 0 Å². The summed E-state index contributed by atoms with van der Waals surface area (Å²) in [4.78, 5) is 13.2. The third-order valence-electron chi connectivity index (χ3n) is 3.01. The summed E-state index contributed by atoms with van der Waals surface area (Å²) in [7, 11) is 0. The molecule has 0 fully saturated rings. The zero-order chi connectivity index (χ0) is 14.9. The summed E-state index contributed by atoms with van der Waals surface area (Å²) in [5, 5.41) is 0. The van der Waals surface area contributed by atoms with E-state index < -0.39 is 6.29 Å². The van der Waals surface area contributed by atoms with Crippen LogP contribution < -0.4 is 14.4 Å². The van der Waals surface area contributed by atoms with Crippen molar-refractivity contribution in [3.05, 3.63) is 17.7 Å². The highest BCUT2D eigenvalue weighted by Crippen LogP contribution is 2.44. The average molecular weight is 306 g/mol. The van der Waals surface area contributed by atoms with Crippen molar-refractivity contribution in [2.45, 2.75) is 26.6 Å². The van der Waals surface area contributed by atoms with Gasteiger partial charge in [-0.05, 0) is 25.0 Å². The number of carbonyl (C=O) groups excluding carboxylic acids is 1. The number of hydrogen-bond donors (Lipinski definition) is 0. The predicted molar refractivity (Wildman–Crippen MR) is 70.8 cm³/mol. The first-order chi connectivity index (χ1) is 9.41. The molecule has 0 bridgehead atoms. The number of anilines is 1. The molecule has 1 aliphatic rings. The van der Waals surface area contributed by atoms with E-state index >= 15 is 0 Å². The van der Waals surface area contributed by atoms with E-state index in [-0.39, 0.29) is 23.3 Å². The standard InChI is InChI=1S/C13H14ClF2NO3/c1-3-8-5-10-11(20-13(15,16)19-10)6-9(8)17(4-2)12(18)7-14/h5-6H,3-4,7H2,1-2H3. The Morgan fingerprint density at radius 1 is 1.30 bits per heavy atom. The first kappa shape index (κ1) is 14.8. The molecule has 2 rings (SSSR count). The molecule has 1 aromatic rings. The van der Waals surface area contributed by atoms with Gasteiger partial charge < -0.3 is 14.4 Å². The number of ether oxygens (including phenoxy) is 2. The van der Waals surface area contributed by atoms with Gasteiger partial charge in [0.25, 0.3) is 0 Å². The number of alkyl halides is 3. The van der Waals surface area contributed by atoms with Crippen LogP contribution >= 0.6 is 11.6 Å². The molecule has 7 heteroatoms. The minimum atomic E-state index is -3.67. The Morgan fingerprint density at radius 2 is 1.90 bits per heavy atom. The molecule has 0 N–H and O–H groups in total. The monoisotopic (exact) mass is 305 g/mol. The lowest BCUT2D eigenvalue weighted by Gasteiger charge is -2.23. The third kappa shape index (κ3) is 2.65. The Hall–Kier alpha value is -1.56. The van der Waals surface area contributed by atoms with Crippen molar-refractivity contribution in [3.63, 3.8) is 0 Å². The highest BCUT2D eigenvalue weighted by atomic mass is 35.5. The minimum Gasteiger partial charge on any atom is -0.395 e. The fourth-order valence-electron chi connectivity index (χ4n) is 2.12. The highest BCUT2D eigenvalue weighted by Gasteiger charge is 2.44. The van der Waals surface area contributed by atoms with Crippen molar-refractivity contribution in [3.8, 4) is 11.5 Å². The summed E-state index contributed by atoms with van der Waals surface area (Å²) in [6.07, 6.45) is -3.11. The molecule has 0 unspecified atom stereocenters. The van der Waals surface area contributed by atoms with E-state index in [0.717, 1.165) is 0 Å². The maximum Gasteiger partial charge on any atom is 0.586 e. The number of benzene rings is 1. The first-order valence-corrected chi connectivity index (χ1v) is 6.74. The Kier molecular flexibility index (Phi) is 4.04. The summed E-state index contributed by atoms with van der Waals surface area (Å²) in [5.41, 5.74) is 1.23. The van der Waals surface area contributed by atoms with Crippen molar-refractivity contribution < 1.29 is 23.0 Å². The Labute approximate surface area is 120 Å². The van der Waals surface area contributed by atoms with Gasteiger partial charge in [0, 0.05) is 12.6 Å². The van der Waals surface area contributed by atoms with Gasteiger partial charge in [-0.2, -0.15) is 0 Å². The topological polar surface area (TPSA) is 38.8 Å². The fourth-order valence-corrected chi connectivity index (χ4v) is 2.26. The van der Waals surface area contributed by atoms with Gasteiger partial charge in [0.1, 0.15) is 5.88 Å². The molecule has 0 saturated carbocycles. The van der Waals surface area contributed by atoms with Crippen molar-refractivity contribution >= 4 is 23.2 Å². The number of carbonyl (C=O) groups is 1. The van der Waals surface area contributed by atoms with Crippen molar-refractivity contribution in [2.75, 3.05) is 17.3 Å². The quantitative estimate of drug-likeness (QED) is 0.802. The Balaban J connectivity index is 2.47. The lowest BCUT2D eigenvalue weighted by Crippen LogP contribution is -2.32. The maximum absolute atomic E-state index is 13.1. The van der Waals surface area contributed by atoms with Crippen LogP contribution in [0.2, 0.25) is 0 Å². The molecular weight excluding hydrogens is 292 g/mol. The maximum atomic E-state index is 13.1. The second-order valence-corrected chi connectivity index (χ2v) is 4.49. The fraction of sp³-hybridized carbons (Fsp3) is 0.462. The molecule has 0 aliphatic carbocycles. The second kappa shape index (κ2) is 5.44. The van der Waals surface area contributed by atoms with E-state index in [2.05, 4.69) is 9.47 Å². The van der Waals surface area contributed by atoms with Crippen molar-refractivity contribution in [1.29, 1.82) is 0 Å². The minimum absolute atomic E-state index is 0.0232. The first-order valence-electron chi connectivity index (χ1n) is 6.21. The number of nitrogens with zero attached hydrogens (tertiary/aromatic N) is 1. The van der Waals surface area contributed by atoms with Gasteiger partial charge in [0.2, 0.25) is 5.91 Å². The highest BCUT2D eigenvalue weighted by molar-refractivity contribution is 6.29. The van der Waals surface area contributed by atoms with Gasteiger partial charge in [-0.1, -0.05) is 6.92 Å². The van der Waals surface area contributed by atoms with Crippen LogP contribution in [-0.2, 0) is 11.2 Å². The van der Waals surface area contributed by atoms with Gasteiger partial charge in [0.05, 0.1) is 5.69 Å². The zero-order valence-electron chi connectivity index (χ0n) is 11.1. The van der Waals surface area contributed by atoms with Crippen LogP contribution in [-0.4, -0.2) is 24.6 Å². The summed E-state index contributed by atoms with van der Waals surface area (Å²) in [5.74, 6) is -0.579. The van der Waals surface area contributed by atoms with E-state index in [1.165, 1.54) is 17.0 Å². The van der Waals surface area contributed by atoms with E-state index in [9.17, 15) is 13.6 Å². The van der Waals surface area contributed by atoms with E-state index in [1.807, 2.05) is 6.92 Å². The van der Waals surface area contributed by atoms with Gasteiger partial charge in [-0.15, -0.1) is 20.4 Å². The summed E-state index contributed by atoms with van der Waals surface area (Å²) in [6.45, 7) is 4.02. The number of hydrogen-bond acceptors (Lipinski definition) is 3. The lowest BCUT2D eigenvalue weighted by molar-refractivity contribution is -0.286. The summed E-state index contributed by atoms with van der Waals surface area (Å²) < 4.78 is 35.0. The van der Waals surface area contributed by atoms with E-state index in [0.29, 0.717) is 24.2 Å². The van der Waals surface area contributed by atoms with Crippen LogP contribution in [0, 0.1) is 0 Å². The molecule has 0 saturated heterocycles. The zero-order valence-corrected chi connectivity index (χ0v) is 11.8. The van der Waals surface area contributed by atoms with Crippen LogP contribution in [0.5, 0.6) is 11.5 Å². The molecule has 1 heterocycles. The van der Waals surface area contributed by atoms with Crippen LogP contribution in [0.4, 0.5) is 14.5 Å². The molecule has 20 heavy (non-hydrogen) atoms. The molecule has 1 amide bonds. The molecule has 4 nitrogen and oxygen atoms in total. The number of rotatable bonds is 4. The average Bonchev–Trinajstić information content (AvgIpc) is 2.71. The largest absolute Gasteiger partial charge is 0.586 e. The molecule has 110 valence electrons. The van der Waals surface area contributed by atoms with Crippen LogP contribution in [0.3, 0.4) is 0 Å². The normalized spacial score (nSPS) is 15.2. The molecule has 1 aliphatic heterocycles. The molecule has 0 radical (unpaired) electrons. The van der Waals surface area contributed by atoms with Crippen molar-refractivity contribution in [2.24, 2.45) is 0 Å². The molecule has 0 aromatic heterocycles. The second-order valence-electron chi connectivity index (χ2n) is 4.22. The molecular formula is C13H14ClF2NO3. The molecule has 0 spiro atoms. The smallest absolute Gasteiger partial charge is 0.395 e. The van der Waals surface area contributed by atoms with Crippen LogP contribution in [0.15, 0.2) is 12.1 Å². The summed E-state index contributed by atoms with van der Waals surface area (Å²) in [6, 6.07) is 2.86. The number of fused-ring (bicyclic) bond motifs is 1. The Morgan fingerprint density at radius 3 is 2.40 bits per heavy atom. The SMILES string of the molecule is CCc1cc2c(cc1N(CC)C(=O)CCl)OC(F)(F)O2. The van der Waals surface area contributed by atoms with E-state index in [4.69, 9.17) is 11.6 Å². The predicted octanol–water partition coefficient (Wildman–Crippen LogP) is 3.16. The van der Waals surface area contributed by atoms with Gasteiger partial charge in [-0.3, -0.25) is 4.79 Å². The van der Waals surface area contributed by atoms with Gasteiger partial charge >= 0.3 is 6.29 Å². The van der Waals surface area contributed by atoms with Gasteiger partial charge in [0.15, 0.2) is 11.5 Å². The number of amides is 1. The molecule has 1 aromatic carbocycles.